The maximum Gasteiger partial charge on any atom is 0.181 e. The molecular weight excluding hydrogens is 461 g/mol. The summed E-state index contributed by atoms with van der Waals surface area (Å²) < 4.78 is 20.6. The van der Waals surface area contributed by atoms with Gasteiger partial charge in [0.25, 0.3) is 0 Å². The minimum atomic E-state index is -0.418. The van der Waals surface area contributed by atoms with Crippen LogP contribution in [0.1, 0.15) is 31.2 Å². The quantitative estimate of drug-likeness (QED) is 0.260. The number of hydrogen-bond acceptors (Lipinski definition) is 6. The number of hydrogen-bond donors (Lipinski definition) is 4. The van der Waals surface area contributed by atoms with Crippen LogP contribution in [-0.2, 0) is 0 Å². The summed E-state index contributed by atoms with van der Waals surface area (Å²) >= 11 is 0. The van der Waals surface area contributed by atoms with Crippen molar-refractivity contribution >= 4 is 35.3 Å². The Labute approximate surface area is 209 Å². The van der Waals surface area contributed by atoms with E-state index in [4.69, 9.17) is 4.74 Å². The second-order valence-electron chi connectivity index (χ2n) is 8.72. The number of aliphatic imine (C=N–C) groups is 2. The van der Waals surface area contributed by atoms with E-state index in [1.54, 1.807) is 24.3 Å². The topological polar surface area (TPSA) is 114 Å². The molecule has 0 radical (unpaired) electrons. The van der Waals surface area contributed by atoms with E-state index in [-0.39, 0.29) is 25.0 Å². The van der Waals surface area contributed by atoms with Crippen LogP contribution in [0.2, 0.25) is 0 Å². The molecule has 9 nitrogen and oxygen atoms in total. The number of nitrogens with one attached hydrogen (secondary N) is 3. The number of benzene rings is 1. The predicted molar refractivity (Wildman–Crippen MR) is 142 cm³/mol. The minimum absolute atomic E-state index is 0.0735. The summed E-state index contributed by atoms with van der Waals surface area (Å²) in [6.45, 7) is 9.03. The fraction of sp³-hybridized carbons (Fsp3) is 0.346. The van der Waals surface area contributed by atoms with Gasteiger partial charge in [0.05, 0.1) is 5.69 Å². The summed E-state index contributed by atoms with van der Waals surface area (Å²) in [7, 11) is 0. The average molecular weight is 494 g/mol. The molecule has 4 rings (SSSR count). The Hall–Kier alpha value is -3.92. The smallest absolute Gasteiger partial charge is 0.181 e. The van der Waals surface area contributed by atoms with Crippen molar-refractivity contribution in [3.05, 3.63) is 59.4 Å². The number of allylic oxidation sites excluding steroid dienone is 1. The summed E-state index contributed by atoms with van der Waals surface area (Å²) in [4.78, 5) is 13.9. The third-order valence-electron chi connectivity index (χ3n) is 6.12. The van der Waals surface area contributed by atoms with Crippen LogP contribution in [0, 0.1) is 18.7 Å². The molecule has 0 unspecified atom stereocenters. The lowest BCUT2D eigenvalue weighted by molar-refractivity contribution is 0.166. The summed E-state index contributed by atoms with van der Waals surface area (Å²) in [6, 6.07) is 7.00. The number of anilines is 1. The Kier molecular flexibility index (Phi) is 8.17. The first kappa shape index (κ1) is 25.2. The molecule has 190 valence electrons. The molecule has 1 aliphatic rings. The molecule has 0 spiro atoms. The number of aryl methyl sites for hydroxylation is 1. The Morgan fingerprint density at radius 3 is 2.89 bits per heavy atom. The second kappa shape index (κ2) is 11.7. The van der Waals surface area contributed by atoms with E-state index in [0.29, 0.717) is 22.9 Å². The number of aliphatic hydroxyl groups is 1. The lowest BCUT2D eigenvalue weighted by Gasteiger charge is -2.32. The molecule has 36 heavy (non-hydrogen) atoms. The molecular formula is C26H32FN7O2. The number of fused-ring (bicyclic) bond motifs is 1. The molecule has 1 saturated heterocycles. The predicted octanol–water partition coefficient (Wildman–Crippen LogP) is 4.46. The number of H-pyrrole nitrogens is 2. The highest BCUT2D eigenvalue weighted by Crippen LogP contribution is 2.27. The number of rotatable bonds is 9. The van der Waals surface area contributed by atoms with Crippen LogP contribution < -0.4 is 10.1 Å². The third-order valence-corrected chi connectivity index (χ3v) is 6.12. The minimum Gasteiger partial charge on any atom is -0.468 e. The zero-order valence-electron chi connectivity index (χ0n) is 20.6. The van der Waals surface area contributed by atoms with Crippen molar-refractivity contribution < 1.29 is 14.2 Å². The van der Waals surface area contributed by atoms with Gasteiger partial charge < -0.3 is 25.0 Å². The van der Waals surface area contributed by atoms with Gasteiger partial charge in [0.15, 0.2) is 24.1 Å². The number of aliphatic hydroxyl groups excluding tert-OH is 1. The van der Waals surface area contributed by atoms with Gasteiger partial charge in [0.1, 0.15) is 11.7 Å². The first-order valence-corrected chi connectivity index (χ1v) is 11.9. The SMILES string of the molecule is C=N/C(=C\C(=N/COc1ccc2[nH]c(C)cc2c1F)N1CCC(CO)CC1)Nc1cc(/C=C/C)[nH]n1. The van der Waals surface area contributed by atoms with E-state index in [1.165, 1.54) is 0 Å². The highest BCUT2D eigenvalue weighted by Gasteiger charge is 2.21. The lowest BCUT2D eigenvalue weighted by Crippen LogP contribution is -2.39. The normalized spacial score (nSPS) is 15.7. The first-order valence-electron chi connectivity index (χ1n) is 11.9. The van der Waals surface area contributed by atoms with Crippen LogP contribution in [0.5, 0.6) is 5.75 Å². The molecule has 1 aromatic carbocycles. The van der Waals surface area contributed by atoms with E-state index >= 15 is 0 Å². The summed E-state index contributed by atoms with van der Waals surface area (Å²) in [5, 5.41) is 20.3. The average Bonchev–Trinajstić information content (AvgIpc) is 3.50. The van der Waals surface area contributed by atoms with Crippen LogP contribution >= 0.6 is 0 Å². The maximum absolute atomic E-state index is 14.9. The highest BCUT2D eigenvalue weighted by molar-refractivity contribution is 5.94. The first-order chi connectivity index (χ1) is 17.5. The van der Waals surface area contributed by atoms with Crippen molar-refractivity contribution in [3.63, 3.8) is 0 Å². The van der Waals surface area contributed by atoms with E-state index in [0.717, 1.165) is 42.8 Å². The molecule has 10 heteroatoms. The van der Waals surface area contributed by atoms with Crippen LogP contribution in [-0.4, -0.2) is 64.2 Å². The van der Waals surface area contributed by atoms with Gasteiger partial charge in [-0.15, -0.1) is 0 Å². The molecule has 3 heterocycles. The number of nitrogens with zero attached hydrogens (tertiary/aromatic N) is 4. The molecule has 1 fully saturated rings. The number of likely N-dealkylation sites (tertiary alicyclic amines) is 1. The molecule has 0 bridgehead atoms. The van der Waals surface area contributed by atoms with Gasteiger partial charge in [0.2, 0.25) is 0 Å². The zero-order chi connectivity index (χ0) is 25.5. The molecule has 3 aromatic rings. The Bertz CT molecular complexity index is 1280. The summed E-state index contributed by atoms with van der Waals surface area (Å²) in [5.74, 6) is 1.68. The molecule has 0 amide bonds. The third kappa shape index (κ3) is 6.01. The van der Waals surface area contributed by atoms with Gasteiger partial charge in [0, 0.05) is 48.4 Å². The van der Waals surface area contributed by atoms with E-state index in [2.05, 4.69) is 42.1 Å². The Morgan fingerprint density at radius 1 is 1.36 bits per heavy atom. The number of ether oxygens (including phenoxy) is 1. The molecule has 0 saturated carbocycles. The van der Waals surface area contributed by atoms with Crippen molar-refractivity contribution in [2.75, 3.05) is 31.7 Å². The number of aromatic amines is 2. The van der Waals surface area contributed by atoms with Crippen LogP contribution in [0.25, 0.3) is 17.0 Å². The number of amidine groups is 1. The standard InChI is InChI=1S/C26H32FN7O2/c1-4-5-19-13-24(33-32-19)31-23(28-3)14-25(34-10-8-18(15-35)9-11-34)29-16-36-22-7-6-21-20(26(22)27)12-17(2)30-21/h4-7,12-14,18,30,35H,3,8-11,15-16H2,1-2H3,(H2,31,32,33)/b5-4+,23-14+,29-25+. The highest BCUT2D eigenvalue weighted by atomic mass is 19.1. The van der Waals surface area contributed by atoms with Gasteiger partial charge in [-0.3, -0.25) is 5.10 Å². The fourth-order valence-corrected chi connectivity index (χ4v) is 4.19. The monoisotopic (exact) mass is 493 g/mol. The largest absolute Gasteiger partial charge is 0.468 e. The molecule has 0 aliphatic carbocycles. The van der Waals surface area contributed by atoms with Gasteiger partial charge in [-0.2, -0.15) is 5.10 Å². The molecule has 0 atom stereocenters. The van der Waals surface area contributed by atoms with Crippen molar-refractivity contribution in [2.24, 2.45) is 15.9 Å². The van der Waals surface area contributed by atoms with E-state index in [1.807, 2.05) is 32.1 Å². The lowest BCUT2D eigenvalue weighted by atomic mass is 9.98. The van der Waals surface area contributed by atoms with Crippen molar-refractivity contribution in [1.29, 1.82) is 0 Å². The van der Waals surface area contributed by atoms with Gasteiger partial charge >= 0.3 is 0 Å². The maximum atomic E-state index is 14.9. The Morgan fingerprint density at radius 2 is 2.17 bits per heavy atom. The molecule has 4 N–H and O–H groups in total. The number of aromatic nitrogens is 3. The van der Waals surface area contributed by atoms with Gasteiger partial charge in [-0.1, -0.05) is 6.08 Å². The number of piperidine rings is 1. The van der Waals surface area contributed by atoms with E-state index in [9.17, 15) is 9.50 Å². The van der Waals surface area contributed by atoms with Crippen LogP contribution in [0.15, 0.2) is 52.2 Å². The number of halogens is 1. The van der Waals surface area contributed by atoms with Gasteiger partial charge in [-0.05, 0) is 63.6 Å². The zero-order valence-corrected chi connectivity index (χ0v) is 20.6. The van der Waals surface area contributed by atoms with Crippen molar-refractivity contribution in [2.45, 2.75) is 26.7 Å². The molecule has 1 aliphatic heterocycles. The van der Waals surface area contributed by atoms with Crippen molar-refractivity contribution in [3.8, 4) is 5.75 Å². The summed E-state index contributed by atoms with van der Waals surface area (Å²) in [6.07, 6.45) is 7.29. The van der Waals surface area contributed by atoms with Crippen LogP contribution in [0.4, 0.5) is 10.2 Å². The van der Waals surface area contributed by atoms with Crippen LogP contribution in [0.3, 0.4) is 0 Å². The second-order valence-corrected chi connectivity index (χ2v) is 8.72. The van der Waals surface area contributed by atoms with Gasteiger partial charge in [-0.25, -0.2) is 14.4 Å². The molecule has 2 aromatic heterocycles. The Balaban J connectivity index is 1.54. The summed E-state index contributed by atoms with van der Waals surface area (Å²) in [5.41, 5.74) is 2.46. The van der Waals surface area contributed by atoms with Crippen molar-refractivity contribution in [1.82, 2.24) is 20.1 Å². The fourth-order valence-electron chi connectivity index (χ4n) is 4.19. The van der Waals surface area contributed by atoms with E-state index < -0.39 is 5.82 Å².